The van der Waals surface area contributed by atoms with Crippen molar-refractivity contribution in [3.8, 4) is 11.5 Å². The minimum atomic E-state index is -0.432. The van der Waals surface area contributed by atoms with Gasteiger partial charge in [0, 0.05) is 12.1 Å². The Kier molecular flexibility index (Phi) is 6.67. The van der Waals surface area contributed by atoms with Crippen LogP contribution in [0.5, 0.6) is 11.5 Å². The summed E-state index contributed by atoms with van der Waals surface area (Å²) in [7, 11) is 3.22. The topological polar surface area (TPSA) is 56.8 Å². The van der Waals surface area contributed by atoms with Crippen LogP contribution in [0.15, 0.2) is 24.8 Å². The monoisotopic (exact) mass is 333 g/mol. The van der Waals surface area contributed by atoms with Crippen LogP contribution in [-0.2, 0) is 22.5 Å². The van der Waals surface area contributed by atoms with Gasteiger partial charge in [0.1, 0.15) is 6.10 Å². The molecule has 0 radical (unpaired) electrons. The number of hydrogen-bond donors (Lipinski definition) is 1. The van der Waals surface area contributed by atoms with Crippen molar-refractivity contribution < 1.29 is 19.0 Å². The summed E-state index contributed by atoms with van der Waals surface area (Å²) in [4.78, 5) is 12.1. The van der Waals surface area contributed by atoms with Gasteiger partial charge < -0.3 is 19.5 Å². The number of carbonyl (C=O) groups excluding carboxylic acids is 1. The van der Waals surface area contributed by atoms with Crippen LogP contribution in [0, 0.1) is 5.92 Å². The van der Waals surface area contributed by atoms with Crippen molar-refractivity contribution in [2.45, 2.75) is 38.8 Å². The molecule has 0 bridgehead atoms. The van der Waals surface area contributed by atoms with Crippen LogP contribution in [0.3, 0.4) is 0 Å². The SMILES string of the molecule is C=CCc1cc(CNC(=O)C(C)OCC2CC2)cc(OC)c1OC. The Bertz CT molecular complexity index is 581. The molecule has 5 heteroatoms. The first-order valence-electron chi connectivity index (χ1n) is 8.33. The van der Waals surface area contributed by atoms with Crippen LogP contribution in [0.2, 0.25) is 0 Å². The number of methoxy groups -OCH3 is 2. The summed E-state index contributed by atoms with van der Waals surface area (Å²) < 4.78 is 16.4. The molecule has 0 aromatic heterocycles. The maximum Gasteiger partial charge on any atom is 0.249 e. The molecule has 1 aromatic rings. The number of allylic oxidation sites excluding steroid dienone is 1. The Morgan fingerprint density at radius 3 is 2.71 bits per heavy atom. The van der Waals surface area contributed by atoms with E-state index >= 15 is 0 Å². The zero-order chi connectivity index (χ0) is 17.5. The first kappa shape index (κ1) is 18.3. The van der Waals surface area contributed by atoms with Crippen molar-refractivity contribution in [1.29, 1.82) is 0 Å². The zero-order valence-electron chi connectivity index (χ0n) is 14.8. The molecule has 5 nitrogen and oxygen atoms in total. The van der Waals surface area contributed by atoms with Crippen LogP contribution >= 0.6 is 0 Å². The standard InChI is InChI=1S/C19H27NO4/c1-5-6-16-9-15(10-17(22-3)18(16)23-4)11-20-19(21)13(2)24-12-14-7-8-14/h5,9-10,13-14H,1,6-8,11-12H2,2-4H3,(H,20,21). The number of carbonyl (C=O) groups is 1. The molecule has 1 aromatic carbocycles. The van der Waals surface area contributed by atoms with E-state index in [1.807, 2.05) is 18.2 Å². The fourth-order valence-electron chi connectivity index (χ4n) is 2.49. The van der Waals surface area contributed by atoms with Gasteiger partial charge in [0.15, 0.2) is 11.5 Å². The average molecular weight is 333 g/mol. The van der Waals surface area contributed by atoms with E-state index in [0.29, 0.717) is 37.0 Å². The van der Waals surface area contributed by atoms with Gasteiger partial charge in [-0.15, -0.1) is 6.58 Å². The highest BCUT2D eigenvalue weighted by atomic mass is 16.5. The van der Waals surface area contributed by atoms with E-state index in [9.17, 15) is 4.79 Å². The predicted molar refractivity (Wildman–Crippen MR) is 93.4 cm³/mol. The van der Waals surface area contributed by atoms with Crippen molar-refractivity contribution in [1.82, 2.24) is 5.32 Å². The molecule has 0 aliphatic heterocycles. The fraction of sp³-hybridized carbons (Fsp3) is 0.526. The number of nitrogens with one attached hydrogen (secondary N) is 1. The number of ether oxygens (including phenoxy) is 3. The van der Waals surface area contributed by atoms with E-state index in [1.54, 1.807) is 21.1 Å². The number of hydrogen-bond acceptors (Lipinski definition) is 4. The van der Waals surface area contributed by atoms with Gasteiger partial charge in [-0.25, -0.2) is 0 Å². The van der Waals surface area contributed by atoms with Crippen LogP contribution in [-0.4, -0.2) is 32.8 Å². The Labute approximate surface area is 144 Å². The first-order chi connectivity index (χ1) is 11.6. The first-order valence-corrected chi connectivity index (χ1v) is 8.33. The summed E-state index contributed by atoms with van der Waals surface area (Å²) in [6.07, 6.45) is 4.48. The minimum absolute atomic E-state index is 0.101. The lowest BCUT2D eigenvalue weighted by Crippen LogP contribution is -2.34. The maximum atomic E-state index is 12.1. The molecule has 1 unspecified atom stereocenters. The van der Waals surface area contributed by atoms with E-state index in [0.717, 1.165) is 11.1 Å². The summed E-state index contributed by atoms with van der Waals surface area (Å²) in [6, 6.07) is 3.88. The second-order valence-electron chi connectivity index (χ2n) is 6.12. The summed E-state index contributed by atoms with van der Waals surface area (Å²) in [5, 5.41) is 2.91. The van der Waals surface area contributed by atoms with Gasteiger partial charge in [0.25, 0.3) is 0 Å². The van der Waals surface area contributed by atoms with Gasteiger partial charge in [0.2, 0.25) is 5.91 Å². The molecule has 1 atom stereocenters. The van der Waals surface area contributed by atoms with Crippen LogP contribution in [0.25, 0.3) is 0 Å². The molecule has 1 saturated carbocycles. The Hall–Kier alpha value is -2.01. The molecule has 24 heavy (non-hydrogen) atoms. The number of benzene rings is 1. The summed E-state index contributed by atoms with van der Waals surface area (Å²) in [5.74, 6) is 1.90. The minimum Gasteiger partial charge on any atom is -0.493 e. The molecule has 1 aliphatic carbocycles. The molecule has 1 N–H and O–H groups in total. The van der Waals surface area contributed by atoms with E-state index in [1.165, 1.54) is 12.8 Å². The average Bonchev–Trinajstić information content (AvgIpc) is 3.41. The molecule has 0 heterocycles. The van der Waals surface area contributed by atoms with Crippen molar-refractivity contribution in [3.63, 3.8) is 0 Å². The van der Waals surface area contributed by atoms with Crippen LogP contribution in [0.4, 0.5) is 0 Å². The van der Waals surface area contributed by atoms with Gasteiger partial charge in [-0.3, -0.25) is 4.79 Å². The molecule has 0 saturated heterocycles. The van der Waals surface area contributed by atoms with Crippen molar-refractivity contribution in [2.75, 3.05) is 20.8 Å². The van der Waals surface area contributed by atoms with E-state index < -0.39 is 6.10 Å². The molecule has 1 aliphatic rings. The van der Waals surface area contributed by atoms with Crippen molar-refractivity contribution in [2.24, 2.45) is 5.92 Å². The molecular formula is C19H27NO4. The van der Waals surface area contributed by atoms with Gasteiger partial charge >= 0.3 is 0 Å². The fourth-order valence-corrected chi connectivity index (χ4v) is 2.49. The predicted octanol–water partition coefficient (Wildman–Crippen LogP) is 2.86. The smallest absolute Gasteiger partial charge is 0.249 e. The quantitative estimate of drug-likeness (QED) is 0.669. The lowest BCUT2D eigenvalue weighted by atomic mass is 10.1. The number of amides is 1. The number of rotatable bonds is 10. The molecule has 132 valence electrons. The Morgan fingerprint density at radius 2 is 2.12 bits per heavy atom. The van der Waals surface area contributed by atoms with Gasteiger partial charge in [0.05, 0.1) is 20.8 Å². The highest BCUT2D eigenvalue weighted by molar-refractivity contribution is 5.80. The van der Waals surface area contributed by atoms with Gasteiger partial charge in [-0.05, 0) is 49.8 Å². The van der Waals surface area contributed by atoms with E-state index in [2.05, 4.69) is 11.9 Å². The Morgan fingerprint density at radius 1 is 1.38 bits per heavy atom. The lowest BCUT2D eigenvalue weighted by Gasteiger charge is -2.16. The highest BCUT2D eigenvalue weighted by Gasteiger charge is 2.24. The highest BCUT2D eigenvalue weighted by Crippen LogP contribution is 2.33. The third-order valence-electron chi connectivity index (χ3n) is 4.09. The molecule has 0 spiro atoms. The maximum absolute atomic E-state index is 12.1. The molecule has 2 rings (SSSR count). The Balaban J connectivity index is 1.98. The van der Waals surface area contributed by atoms with Crippen LogP contribution in [0.1, 0.15) is 30.9 Å². The summed E-state index contributed by atoms with van der Waals surface area (Å²) >= 11 is 0. The van der Waals surface area contributed by atoms with Crippen molar-refractivity contribution in [3.05, 3.63) is 35.9 Å². The zero-order valence-corrected chi connectivity index (χ0v) is 14.8. The lowest BCUT2D eigenvalue weighted by molar-refractivity contribution is -0.132. The second-order valence-corrected chi connectivity index (χ2v) is 6.12. The molecule has 1 amide bonds. The molecule has 1 fully saturated rings. The third-order valence-corrected chi connectivity index (χ3v) is 4.09. The third kappa shape index (κ3) is 4.99. The van der Waals surface area contributed by atoms with E-state index in [4.69, 9.17) is 14.2 Å². The summed E-state index contributed by atoms with van der Waals surface area (Å²) in [5.41, 5.74) is 1.93. The van der Waals surface area contributed by atoms with Crippen LogP contribution < -0.4 is 14.8 Å². The van der Waals surface area contributed by atoms with Crippen molar-refractivity contribution >= 4 is 5.91 Å². The largest absolute Gasteiger partial charge is 0.493 e. The summed E-state index contributed by atoms with van der Waals surface area (Å²) in [6.45, 7) is 6.65. The normalized spacial score (nSPS) is 14.8. The van der Waals surface area contributed by atoms with E-state index in [-0.39, 0.29) is 5.91 Å². The second kappa shape index (κ2) is 8.73. The molecular weight excluding hydrogens is 306 g/mol. The van der Waals surface area contributed by atoms with Gasteiger partial charge in [-0.2, -0.15) is 0 Å². The van der Waals surface area contributed by atoms with Gasteiger partial charge in [-0.1, -0.05) is 6.08 Å².